The van der Waals surface area contributed by atoms with Crippen LogP contribution in [0.25, 0.3) is 0 Å². The summed E-state index contributed by atoms with van der Waals surface area (Å²) in [4.78, 5) is 11.3. The van der Waals surface area contributed by atoms with Gasteiger partial charge < -0.3 is 9.84 Å². The highest BCUT2D eigenvalue weighted by Crippen LogP contribution is 2.66. The number of fused-ring (bicyclic) bond motifs is 5. The molecule has 4 rings (SSSR count). The molecule has 0 heterocycles. The van der Waals surface area contributed by atoms with E-state index in [0.717, 1.165) is 37.0 Å². The average molecular weight is 387 g/mol. The van der Waals surface area contributed by atoms with Gasteiger partial charge in [0, 0.05) is 6.42 Å². The first-order chi connectivity index (χ1) is 13.4. The molecule has 4 aliphatic rings. The molecule has 3 heteroatoms. The second-order valence-corrected chi connectivity index (χ2v) is 10.4. The summed E-state index contributed by atoms with van der Waals surface area (Å²) in [6, 6.07) is 0. The van der Waals surface area contributed by atoms with Crippen molar-refractivity contribution in [1.29, 1.82) is 0 Å². The van der Waals surface area contributed by atoms with Crippen LogP contribution in [0.15, 0.2) is 23.8 Å². The second kappa shape index (κ2) is 7.63. The van der Waals surface area contributed by atoms with Crippen molar-refractivity contribution in [2.24, 2.45) is 34.5 Å². The SMILES string of the molecule is COC(=O)CCC=C[C@H]1CC[C@H]2[C@@H]3CC=C4C[C@@H](O)CC[C@]4(C)[C@H]3CC[C@]12C. The van der Waals surface area contributed by atoms with Crippen molar-refractivity contribution in [2.75, 3.05) is 7.11 Å². The lowest BCUT2D eigenvalue weighted by molar-refractivity contribution is -0.140. The fraction of sp³-hybridized carbons (Fsp3) is 0.800. The van der Waals surface area contributed by atoms with Gasteiger partial charge in [-0.3, -0.25) is 4.79 Å². The third kappa shape index (κ3) is 3.28. The lowest BCUT2D eigenvalue weighted by atomic mass is 9.47. The summed E-state index contributed by atoms with van der Waals surface area (Å²) in [5.74, 6) is 2.98. The molecule has 3 saturated carbocycles. The summed E-state index contributed by atoms with van der Waals surface area (Å²) in [6.45, 7) is 5.05. The van der Waals surface area contributed by atoms with Gasteiger partial charge in [0.05, 0.1) is 13.2 Å². The zero-order valence-corrected chi connectivity index (χ0v) is 18.0. The van der Waals surface area contributed by atoms with E-state index in [1.54, 1.807) is 5.57 Å². The third-order valence-corrected chi connectivity index (χ3v) is 9.26. The molecule has 0 unspecified atom stereocenters. The summed E-state index contributed by atoms with van der Waals surface area (Å²) >= 11 is 0. The highest BCUT2D eigenvalue weighted by Gasteiger charge is 2.57. The van der Waals surface area contributed by atoms with Crippen LogP contribution in [0, 0.1) is 34.5 Å². The van der Waals surface area contributed by atoms with Crippen molar-refractivity contribution in [1.82, 2.24) is 0 Å². The van der Waals surface area contributed by atoms with E-state index in [1.807, 2.05) is 0 Å². The van der Waals surface area contributed by atoms with Crippen molar-refractivity contribution in [3.05, 3.63) is 23.8 Å². The number of aliphatic hydroxyl groups is 1. The van der Waals surface area contributed by atoms with Crippen LogP contribution in [-0.4, -0.2) is 24.3 Å². The van der Waals surface area contributed by atoms with E-state index in [2.05, 4.69) is 32.1 Å². The maximum atomic E-state index is 11.3. The number of esters is 1. The van der Waals surface area contributed by atoms with Crippen LogP contribution in [-0.2, 0) is 9.53 Å². The van der Waals surface area contributed by atoms with Crippen LogP contribution in [0.3, 0.4) is 0 Å². The van der Waals surface area contributed by atoms with Gasteiger partial charge in [-0.2, -0.15) is 0 Å². The van der Waals surface area contributed by atoms with Gasteiger partial charge in [0.15, 0.2) is 0 Å². The molecule has 0 radical (unpaired) electrons. The molecular formula is C25H38O3. The number of carbonyl (C=O) groups excluding carboxylic acids is 1. The number of hydrogen-bond donors (Lipinski definition) is 1. The molecule has 1 N–H and O–H groups in total. The summed E-state index contributed by atoms with van der Waals surface area (Å²) in [5, 5.41) is 10.2. The summed E-state index contributed by atoms with van der Waals surface area (Å²) in [6.07, 6.45) is 17.9. The van der Waals surface area contributed by atoms with E-state index in [-0.39, 0.29) is 12.1 Å². The fourth-order valence-electron chi connectivity index (χ4n) is 7.56. The minimum atomic E-state index is -0.115. The molecular weight excluding hydrogens is 348 g/mol. The lowest BCUT2D eigenvalue weighted by Gasteiger charge is -2.58. The zero-order chi connectivity index (χ0) is 19.9. The third-order valence-electron chi connectivity index (χ3n) is 9.26. The zero-order valence-electron chi connectivity index (χ0n) is 18.0. The first kappa shape index (κ1) is 20.2. The molecule has 0 aliphatic heterocycles. The number of aliphatic hydroxyl groups excluding tert-OH is 1. The minimum Gasteiger partial charge on any atom is -0.469 e. The second-order valence-electron chi connectivity index (χ2n) is 10.4. The summed E-state index contributed by atoms with van der Waals surface area (Å²) in [5.41, 5.74) is 2.31. The number of methoxy groups -OCH3 is 1. The standard InChI is InChI=1S/C25H38O3/c1-24-15-13-22-20(10-8-18-16-19(26)12-14-25(18,22)2)21(24)11-9-17(24)6-4-5-7-23(27)28-3/h4,6,8,17,19-22,26H,5,7,9-16H2,1-3H3/t17-,19-,20-,21-,22-,24+,25-/m0/s1. The van der Waals surface area contributed by atoms with Crippen molar-refractivity contribution < 1.29 is 14.6 Å². The molecule has 4 aliphatic carbocycles. The van der Waals surface area contributed by atoms with E-state index in [9.17, 15) is 9.90 Å². The Morgan fingerprint density at radius 3 is 2.82 bits per heavy atom. The van der Waals surface area contributed by atoms with Crippen LogP contribution in [0.2, 0.25) is 0 Å². The predicted molar refractivity (Wildman–Crippen MR) is 112 cm³/mol. The van der Waals surface area contributed by atoms with Gasteiger partial charge in [-0.25, -0.2) is 0 Å². The van der Waals surface area contributed by atoms with Crippen LogP contribution in [0.1, 0.15) is 78.1 Å². The maximum Gasteiger partial charge on any atom is 0.305 e. The fourth-order valence-corrected chi connectivity index (χ4v) is 7.56. The van der Waals surface area contributed by atoms with E-state index < -0.39 is 0 Å². The number of ether oxygens (including phenoxy) is 1. The Bertz CT molecular complexity index is 665. The normalized spacial score (nSPS) is 45.1. The molecule has 0 saturated heterocycles. The van der Waals surface area contributed by atoms with Gasteiger partial charge in [0.2, 0.25) is 0 Å². The molecule has 0 amide bonds. The number of allylic oxidation sites excluding steroid dienone is 3. The Kier molecular flexibility index (Phi) is 5.50. The Morgan fingerprint density at radius 2 is 2.04 bits per heavy atom. The first-order valence-electron chi connectivity index (χ1n) is 11.5. The molecule has 0 aromatic carbocycles. The van der Waals surface area contributed by atoms with Crippen LogP contribution in [0.4, 0.5) is 0 Å². The molecule has 3 fully saturated rings. The average Bonchev–Trinajstić information content (AvgIpc) is 3.02. The molecule has 0 bridgehead atoms. The lowest BCUT2D eigenvalue weighted by Crippen LogP contribution is -2.50. The molecule has 0 aromatic rings. The molecule has 7 atom stereocenters. The highest BCUT2D eigenvalue weighted by molar-refractivity contribution is 5.69. The van der Waals surface area contributed by atoms with E-state index >= 15 is 0 Å². The molecule has 3 nitrogen and oxygen atoms in total. The van der Waals surface area contributed by atoms with Crippen molar-refractivity contribution in [2.45, 2.75) is 84.2 Å². The largest absolute Gasteiger partial charge is 0.469 e. The predicted octanol–water partition coefficient (Wildman–Crippen LogP) is 5.44. The minimum absolute atomic E-state index is 0.115. The van der Waals surface area contributed by atoms with Gasteiger partial charge in [-0.05, 0) is 92.3 Å². The van der Waals surface area contributed by atoms with Gasteiger partial charge in [0.1, 0.15) is 0 Å². The van der Waals surface area contributed by atoms with Crippen molar-refractivity contribution >= 4 is 5.97 Å². The molecule has 0 aromatic heterocycles. The van der Waals surface area contributed by atoms with Gasteiger partial charge >= 0.3 is 5.97 Å². The Morgan fingerprint density at radius 1 is 1.21 bits per heavy atom. The smallest absolute Gasteiger partial charge is 0.305 e. The van der Waals surface area contributed by atoms with Crippen LogP contribution in [0.5, 0.6) is 0 Å². The number of rotatable bonds is 4. The van der Waals surface area contributed by atoms with Gasteiger partial charge in [0.25, 0.3) is 0 Å². The van der Waals surface area contributed by atoms with E-state index in [1.165, 1.54) is 45.6 Å². The Hall–Kier alpha value is -1.09. The van der Waals surface area contributed by atoms with Crippen molar-refractivity contribution in [3.63, 3.8) is 0 Å². The topological polar surface area (TPSA) is 46.5 Å². The van der Waals surface area contributed by atoms with Crippen molar-refractivity contribution in [3.8, 4) is 0 Å². The number of carbonyl (C=O) groups is 1. The Labute approximate surface area is 170 Å². The molecule has 28 heavy (non-hydrogen) atoms. The van der Waals surface area contributed by atoms with E-state index in [0.29, 0.717) is 23.2 Å². The quantitative estimate of drug-likeness (QED) is 0.517. The van der Waals surface area contributed by atoms with E-state index in [4.69, 9.17) is 4.74 Å². The van der Waals surface area contributed by atoms with Crippen LogP contribution >= 0.6 is 0 Å². The first-order valence-corrected chi connectivity index (χ1v) is 11.5. The Balaban J connectivity index is 1.48. The maximum absolute atomic E-state index is 11.3. The van der Waals surface area contributed by atoms with Gasteiger partial charge in [-0.1, -0.05) is 37.6 Å². The molecule has 156 valence electrons. The summed E-state index contributed by atoms with van der Waals surface area (Å²) in [7, 11) is 1.46. The summed E-state index contributed by atoms with van der Waals surface area (Å²) < 4.78 is 4.75. The number of hydrogen-bond acceptors (Lipinski definition) is 3. The molecule has 0 spiro atoms. The van der Waals surface area contributed by atoms with Gasteiger partial charge in [-0.15, -0.1) is 0 Å². The monoisotopic (exact) mass is 386 g/mol. The highest BCUT2D eigenvalue weighted by atomic mass is 16.5. The van der Waals surface area contributed by atoms with Crippen LogP contribution < -0.4 is 0 Å².